The van der Waals surface area contributed by atoms with Crippen molar-refractivity contribution in [2.75, 3.05) is 6.79 Å². The molecule has 0 saturated carbocycles. The van der Waals surface area contributed by atoms with E-state index in [1.165, 1.54) is 0 Å². The molecular formula is C6H4BF3KNO2. The molecule has 0 spiro atoms. The monoisotopic (exact) mass is 229 g/mol. The summed E-state index contributed by atoms with van der Waals surface area (Å²) >= 11 is 0. The first-order valence-corrected chi connectivity index (χ1v) is 3.53. The Bertz CT molecular complexity index is 346. The van der Waals surface area contributed by atoms with Crippen LogP contribution in [0.3, 0.4) is 0 Å². The van der Waals surface area contributed by atoms with Gasteiger partial charge in [-0.15, -0.1) is 0 Å². The van der Waals surface area contributed by atoms with Crippen molar-refractivity contribution in [1.82, 2.24) is 4.98 Å². The van der Waals surface area contributed by atoms with Gasteiger partial charge in [-0.25, -0.2) is 4.98 Å². The van der Waals surface area contributed by atoms with Crippen molar-refractivity contribution in [3.05, 3.63) is 12.3 Å². The van der Waals surface area contributed by atoms with E-state index >= 15 is 0 Å². The Morgan fingerprint density at radius 3 is 2.64 bits per heavy atom. The van der Waals surface area contributed by atoms with Crippen LogP contribution in [0, 0.1) is 0 Å². The van der Waals surface area contributed by atoms with E-state index in [0.717, 1.165) is 12.3 Å². The van der Waals surface area contributed by atoms with Crippen molar-refractivity contribution >= 4 is 12.4 Å². The van der Waals surface area contributed by atoms with Gasteiger partial charge in [0.2, 0.25) is 6.79 Å². The molecule has 1 aromatic rings. The summed E-state index contributed by atoms with van der Waals surface area (Å²) in [7, 11) is 0. The van der Waals surface area contributed by atoms with E-state index in [0.29, 0.717) is 0 Å². The molecular weight excluding hydrogens is 225 g/mol. The van der Waals surface area contributed by atoms with Crippen LogP contribution in [0.15, 0.2) is 12.3 Å². The second kappa shape index (κ2) is 4.40. The summed E-state index contributed by atoms with van der Waals surface area (Å²) in [5.41, 5.74) is -0.774. The molecule has 0 aromatic carbocycles. The second-order valence-electron chi connectivity index (χ2n) is 2.55. The quantitative estimate of drug-likeness (QED) is 0.515. The van der Waals surface area contributed by atoms with Gasteiger partial charge in [0.05, 0.1) is 0 Å². The molecule has 2 heterocycles. The minimum absolute atomic E-state index is 0. The molecule has 1 aliphatic rings. The minimum atomic E-state index is -5.02. The molecule has 0 N–H and O–H groups in total. The molecule has 2 rings (SSSR count). The summed E-state index contributed by atoms with van der Waals surface area (Å²) in [4.78, 5) is 3.47. The first-order chi connectivity index (χ1) is 6.07. The average molecular weight is 229 g/mol. The molecule has 0 saturated heterocycles. The number of nitrogens with zero attached hydrogens (tertiary/aromatic N) is 1. The van der Waals surface area contributed by atoms with E-state index in [1.807, 2.05) is 0 Å². The normalized spacial score (nSPS) is 13.6. The fourth-order valence-corrected chi connectivity index (χ4v) is 0.987. The van der Waals surface area contributed by atoms with Crippen molar-refractivity contribution in [2.45, 2.75) is 0 Å². The molecule has 14 heavy (non-hydrogen) atoms. The van der Waals surface area contributed by atoms with Crippen molar-refractivity contribution in [1.29, 1.82) is 0 Å². The number of halogens is 3. The van der Waals surface area contributed by atoms with Crippen molar-refractivity contribution in [3.8, 4) is 11.6 Å². The van der Waals surface area contributed by atoms with E-state index in [2.05, 4.69) is 4.98 Å². The van der Waals surface area contributed by atoms with Crippen molar-refractivity contribution in [2.24, 2.45) is 0 Å². The Labute approximate surface area is 120 Å². The third-order valence-corrected chi connectivity index (χ3v) is 1.63. The Morgan fingerprint density at radius 2 is 2.00 bits per heavy atom. The Kier molecular flexibility index (Phi) is 3.87. The summed E-state index contributed by atoms with van der Waals surface area (Å²) in [6.07, 6.45) is 0.744. The molecule has 0 amide bonds. The predicted octanol–water partition coefficient (Wildman–Crippen LogP) is -2.13. The topological polar surface area (TPSA) is 31.4 Å². The number of aromatic nitrogens is 1. The maximum absolute atomic E-state index is 12.2. The van der Waals surface area contributed by atoms with E-state index < -0.39 is 12.4 Å². The van der Waals surface area contributed by atoms with Crippen LogP contribution in [-0.4, -0.2) is 18.8 Å². The molecule has 3 nitrogen and oxygen atoms in total. The van der Waals surface area contributed by atoms with Crippen molar-refractivity contribution in [3.63, 3.8) is 0 Å². The number of hydrogen-bond acceptors (Lipinski definition) is 3. The number of pyridine rings is 1. The Morgan fingerprint density at radius 1 is 1.29 bits per heavy atom. The SMILES string of the molecule is F[B-](F)(F)c1cnc2c(c1)OCO2.[K+]. The van der Waals surface area contributed by atoms with Gasteiger partial charge in [0.15, 0.2) is 5.75 Å². The van der Waals surface area contributed by atoms with E-state index in [-0.39, 0.29) is 69.8 Å². The van der Waals surface area contributed by atoms with Crippen molar-refractivity contribution < 1.29 is 73.8 Å². The van der Waals surface area contributed by atoms with E-state index in [1.54, 1.807) is 0 Å². The van der Waals surface area contributed by atoms with Crippen LogP contribution in [0.4, 0.5) is 12.9 Å². The average Bonchev–Trinajstić information content (AvgIpc) is 2.47. The van der Waals surface area contributed by atoms with E-state index in [4.69, 9.17) is 9.47 Å². The Balaban J connectivity index is 0.000000980. The van der Waals surface area contributed by atoms with Gasteiger partial charge in [-0.05, 0) is 6.07 Å². The number of rotatable bonds is 1. The zero-order chi connectivity index (χ0) is 9.47. The maximum Gasteiger partial charge on any atom is 1.00 e. The summed E-state index contributed by atoms with van der Waals surface area (Å²) < 4.78 is 46.1. The van der Waals surface area contributed by atoms with Crippen LogP contribution in [0.5, 0.6) is 11.6 Å². The molecule has 8 heteroatoms. The molecule has 0 atom stereocenters. The maximum atomic E-state index is 12.2. The van der Waals surface area contributed by atoms with Gasteiger partial charge >= 0.3 is 58.4 Å². The summed E-state index contributed by atoms with van der Waals surface area (Å²) in [6.45, 7) is -5.09. The molecule has 1 aliphatic heterocycles. The third kappa shape index (κ3) is 2.43. The molecule has 1 aromatic heterocycles. The molecule has 0 bridgehead atoms. The van der Waals surface area contributed by atoms with Crippen LogP contribution in [0.2, 0.25) is 0 Å². The van der Waals surface area contributed by atoms with Gasteiger partial charge in [0.25, 0.3) is 5.88 Å². The second-order valence-corrected chi connectivity index (χ2v) is 2.55. The Hall–Kier alpha value is 0.241. The summed E-state index contributed by atoms with van der Waals surface area (Å²) in [5.74, 6) is 0.167. The van der Waals surface area contributed by atoms with Gasteiger partial charge in [0, 0.05) is 6.20 Å². The molecule has 0 unspecified atom stereocenters. The largest absolute Gasteiger partial charge is 1.00 e. The number of fused-ring (bicyclic) bond motifs is 1. The van der Waals surface area contributed by atoms with Crippen LogP contribution >= 0.6 is 0 Å². The minimum Gasteiger partial charge on any atom is -0.452 e. The van der Waals surface area contributed by atoms with E-state index in [9.17, 15) is 12.9 Å². The molecule has 70 valence electrons. The van der Waals surface area contributed by atoms with Crippen LogP contribution in [-0.2, 0) is 0 Å². The smallest absolute Gasteiger partial charge is 0.452 e. The number of ether oxygens (including phenoxy) is 2. The third-order valence-electron chi connectivity index (χ3n) is 1.63. The fourth-order valence-electron chi connectivity index (χ4n) is 0.987. The zero-order valence-electron chi connectivity index (χ0n) is 7.34. The first-order valence-electron chi connectivity index (χ1n) is 3.53. The summed E-state index contributed by atoms with van der Waals surface area (Å²) in [5, 5.41) is 0. The molecule has 0 aliphatic carbocycles. The standard InChI is InChI=1S/C6H4BF3NO2.K/c8-7(9,10)4-1-5-6(11-2-4)13-3-12-5;/h1-2H,3H2;/q-1;+1. The van der Waals surface area contributed by atoms with Gasteiger partial charge in [-0.3, -0.25) is 0 Å². The van der Waals surface area contributed by atoms with Crippen LogP contribution in [0.25, 0.3) is 0 Å². The molecule has 0 fully saturated rings. The first kappa shape index (κ1) is 12.3. The predicted molar refractivity (Wildman–Crippen MR) is 39.1 cm³/mol. The van der Waals surface area contributed by atoms with Crippen LogP contribution < -0.4 is 66.3 Å². The van der Waals surface area contributed by atoms with Gasteiger partial charge < -0.3 is 22.4 Å². The van der Waals surface area contributed by atoms with Gasteiger partial charge in [-0.1, -0.05) is 5.46 Å². The van der Waals surface area contributed by atoms with Gasteiger partial charge in [-0.2, -0.15) is 0 Å². The van der Waals surface area contributed by atoms with Gasteiger partial charge in [0.1, 0.15) is 0 Å². The summed E-state index contributed by atoms with van der Waals surface area (Å²) in [6, 6.07) is 0.898. The molecule has 0 radical (unpaired) electrons. The number of hydrogen-bond donors (Lipinski definition) is 0. The zero-order valence-corrected chi connectivity index (χ0v) is 10.5. The fraction of sp³-hybridized carbons (Fsp3) is 0.167. The van der Waals surface area contributed by atoms with Crippen LogP contribution in [0.1, 0.15) is 0 Å².